The summed E-state index contributed by atoms with van der Waals surface area (Å²) in [4.78, 5) is 11.8. The average Bonchev–Trinajstić information content (AvgIpc) is 3.00. The van der Waals surface area contributed by atoms with Gasteiger partial charge in [-0.3, -0.25) is 4.79 Å². The van der Waals surface area contributed by atoms with Crippen LogP contribution < -0.4 is 11.1 Å². The lowest BCUT2D eigenvalue weighted by Crippen LogP contribution is -2.52. The maximum Gasteiger partial charge on any atom is 0.222 e. The van der Waals surface area contributed by atoms with Crippen molar-refractivity contribution in [3.8, 4) is 0 Å². The molecule has 1 heterocycles. The van der Waals surface area contributed by atoms with Crippen LogP contribution >= 0.6 is 0 Å². The molecule has 1 aliphatic heterocycles. The average molecular weight is 226 g/mol. The van der Waals surface area contributed by atoms with Crippen molar-refractivity contribution in [3.05, 3.63) is 0 Å². The van der Waals surface area contributed by atoms with Crippen LogP contribution in [0.3, 0.4) is 0 Å². The van der Waals surface area contributed by atoms with Gasteiger partial charge in [0.05, 0.1) is 12.1 Å². The SMILES string of the molecule is CC1(NC(=O)CC(N)C2CC2)CCCOC1. The number of amides is 1. The number of carbonyl (C=O) groups is 1. The molecule has 2 atom stereocenters. The van der Waals surface area contributed by atoms with Gasteiger partial charge in [0.25, 0.3) is 0 Å². The Labute approximate surface area is 96.9 Å². The van der Waals surface area contributed by atoms with E-state index in [-0.39, 0.29) is 17.5 Å². The number of carbonyl (C=O) groups excluding carboxylic acids is 1. The minimum absolute atomic E-state index is 0.0492. The van der Waals surface area contributed by atoms with Crippen molar-refractivity contribution in [1.29, 1.82) is 0 Å². The molecule has 4 nitrogen and oxygen atoms in total. The van der Waals surface area contributed by atoms with E-state index in [1.165, 1.54) is 12.8 Å². The maximum absolute atomic E-state index is 11.8. The van der Waals surface area contributed by atoms with E-state index < -0.39 is 0 Å². The number of hydrogen-bond donors (Lipinski definition) is 2. The first kappa shape index (κ1) is 11.9. The lowest BCUT2D eigenvalue weighted by Gasteiger charge is -2.34. The third-order valence-corrected chi connectivity index (χ3v) is 3.53. The Hall–Kier alpha value is -0.610. The molecule has 0 aromatic rings. The van der Waals surface area contributed by atoms with Gasteiger partial charge >= 0.3 is 0 Å². The molecule has 92 valence electrons. The van der Waals surface area contributed by atoms with Crippen LogP contribution in [-0.4, -0.2) is 30.7 Å². The van der Waals surface area contributed by atoms with Gasteiger partial charge in [0, 0.05) is 19.1 Å². The molecule has 1 aliphatic carbocycles. The summed E-state index contributed by atoms with van der Waals surface area (Å²) in [5.41, 5.74) is 5.75. The molecule has 4 heteroatoms. The van der Waals surface area contributed by atoms with Crippen LogP contribution in [-0.2, 0) is 9.53 Å². The van der Waals surface area contributed by atoms with Crippen molar-refractivity contribution in [1.82, 2.24) is 5.32 Å². The first-order valence-corrected chi connectivity index (χ1v) is 6.23. The van der Waals surface area contributed by atoms with Crippen LogP contribution in [0.1, 0.15) is 39.0 Å². The Morgan fingerprint density at radius 1 is 1.62 bits per heavy atom. The molecule has 0 aromatic heterocycles. The molecule has 0 spiro atoms. The summed E-state index contributed by atoms with van der Waals surface area (Å²) in [6.07, 6.45) is 4.85. The zero-order chi connectivity index (χ0) is 11.6. The fraction of sp³-hybridized carbons (Fsp3) is 0.917. The molecule has 1 saturated carbocycles. The van der Waals surface area contributed by atoms with Crippen molar-refractivity contribution in [2.75, 3.05) is 13.2 Å². The normalized spacial score (nSPS) is 32.1. The van der Waals surface area contributed by atoms with Gasteiger partial charge in [0.1, 0.15) is 0 Å². The highest BCUT2D eigenvalue weighted by Crippen LogP contribution is 2.32. The lowest BCUT2D eigenvalue weighted by atomic mass is 9.94. The van der Waals surface area contributed by atoms with Crippen molar-refractivity contribution in [2.45, 2.75) is 50.6 Å². The van der Waals surface area contributed by atoms with E-state index >= 15 is 0 Å². The molecule has 0 radical (unpaired) electrons. The van der Waals surface area contributed by atoms with Crippen molar-refractivity contribution < 1.29 is 9.53 Å². The Morgan fingerprint density at radius 3 is 2.94 bits per heavy atom. The highest BCUT2D eigenvalue weighted by molar-refractivity contribution is 5.77. The molecular weight excluding hydrogens is 204 g/mol. The largest absolute Gasteiger partial charge is 0.379 e. The van der Waals surface area contributed by atoms with Crippen LogP contribution in [0.5, 0.6) is 0 Å². The van der Waals surface area contributed by atoms with Gasteiger partial charge < -0.3 is 15.8 Å². The standard InChI is InChI=1S/C12H22N2O2/c1-12(5-2-6-16-8-12)14-11(15)7-10(13)9-3-4-9/h9-10H,2-8,13H2,1H3,(H,14,15). The third kappa shape index (κ3) is 3.19. The third-order valence-electron chi connectivity index (χ3n) is 3.53. The van der Waals surface area contributed by atoms with Gasteiger partial charge in [-0.25, -0.2) is 0 Å². The predicted octanol–water partition coefficient (Wildman–Crippen LogP) is 0.799. The minimum atomic E-state index is -0.182. The molecule has 2 unspecified atom stereocenters. The van der Waals surface area contributed by atoms with Crippen molar-refractivity contribution in [3.63, 3.8) is 0 Å². The van der Waals surface area contributed by atoms with Gasteiger partial charge in [0.2, 0.25) is 5.91 Å². The zero-order valence-corrected chi connectivity index (χ0v) is 10.00. The van der Waals surface area contributed by atoms with Crippen molar-refractivity contribution >= 4 is 5.91 Å². The van der Waals surface area contributed by atoms with Crippen LogP contribution in [0.4, 0.5) is 0 Å². The smallest absolute Gasteiger partial charge is 0.222 e. The van der Waals surface area contributed by atoms with E-state index in [9.17, 15) is 4.79 Å². The zero-order valence-electron chi connectivity index (χ0n) is 10.00. The van der Waals surface area contributed by atoms with E-state index in [1.807, 2.05) is 6.92 Å². The Balaban J connectivity index is 1.76. The van der Waals surface area contributed by atoms with E-state index in [2.05, 4.69) is 5.32 Å². The second-order valence-corrected chi connectivity index (χ2v) is 5.47. The number of hydrogen-bond acceptors (Lipinski definition) is 3. The van der Waals surface area contributed by atoms with E-state index in [1.54, 1.807) is 0 Å². The number of rotatable bonds is 4. The molecular formula is C12H22N2O2. The summed E-state index contributed by atoms with van der Waals surface area (Å²) in [6.45, 7) is 3.48. The predicted molar refractivity (Wildman–Crippen MR) is 61.9 cm³/mol. The quantitative estimate of drug-likeness (QED) is 0.745. The summed E-state index contributed by atoms with van der Waals surface area (Å²) in [5.74, 6) is 0.661. The second-order valence-electron chi connectivity index (χ2n) is 5.47. The highest BCUT2D eigenvalue weighted by atomic mass is 16.5. The summed E-state index contributed by atoms with van der Waals surface area (Å²) < 4.78 is 5.40. The fourth-order valence-corrected chi connectivity index (χ4v) is 2.33. The molecule has 16 heavy (non-hydrogen) atoms. The summed E-state index contributed by atoms with van der Waals surface area (Å²) in [5, 5.41) is 3.06. The topological polar surface area (TPSA) is 64.4 Å². The van der Waals surface area contributed by atoms with Gasteiger partial charge in [-0.1, -0.05) is 0 Å². The molecule has 1 saturated heterocycles. The monoisotopic (exact) mass is 226 g/mol. The van der Waals surface area contributed by atoms with Gasteiger partial charge in [-0.15, -0.1) is 0 Å². The van der Waals surface area contributed by atoms with Gasteiger partial charge in [-0.2, -0.15) is 0 Å². The highest BCUT2D eigenvalue weighted by Gasteiger charge is 2.33. The fourth-order valence-electron chi connectivity index (χ4n) is 2.33. The van der Waals surface area contributed by atoms with Crippen LogP contribution in [0.25, 0.3) is 0 Å². The van der Waals surface area contributed by atoms with Gasteiger partial charge in [0.15, 0.2) is 0 Å². The molecule has 3 N–H and O–H groups in total. The second kappa shape index (κ2) is 4.72. The first-order valence-electron chi connectivity index (χ1n) is 6.23. The number of ether oxygens (including phenoxy) is 1. The molecule has 0 bridgehead atoms. The van der Waals surface area contributed by atoms with Crippen LogP contribution in [0, 0.1) is 5.92 Å². The lowest BCUT2D eigenvalue weighted by molar-refractivity contribution is -0.125. The Bertz CT molecular complexity index is 258. The molecule has 2 aliphatic rings. The molecule has 0 aromatic carbocycles. The summed E-state index contributed by atoms with van der Waals surface area (Å²) in [7, 11) is 0. The summed E-state index contributed by atoms with van der Waals surface area (Å²) in [6, 6.07) is 0.0492. The maximum atomic E-state index is 11.8. The van der Waals surface area contributed by atoms with E-state index in [0.29, 0.717) is 18.9 Å². The minimum Gasteiger partial charge on any atom is -0.379 e. The first-order chi connectivity index (χ1) is 7.59. The van der Waals surface area contributed by atoms with E-state index in [0.717, 1.165) is 19.4 Å². The molecule has 2 rings (SSSR count). The molecule has 2 fully saturated rings. The van der Waals surface area contributed by atoms with Crippen molar-refractivity contribution in [2.24, 2.45) is 11.7 Å². The van der Waals surface area contributed by atoms with E-state index in [4.69, 9.17) is 10.5 Å². The molecule has 1 amide bonds. The Kier molecular flexibility index (Phi) is 3.50. The Morgan fingerprint density at radius 2 is 2.38 bits per heavy atom. The van der Waals surface area contributed by atoms with Crippen LogP contribution in [0.2, 0.25) is 0 Å². The number of nitrogens with one attached hydrogen (secondary N) is 1. The van der Waals surface area contributed by atoms with Gasteiger partial charge in [-0.05, 0) is 38.5 Å². The number of nitrogens with two attached hydrogens (primary N) is 1. The summed E-state index contributed by atoms with van der Waals surface area (Å²) >= 11 is 0. The van der Waals surface area contributed by atoms with Crippen LogP contribution in [0.15, 0.2) is 0 Å².